The Morgan fingerprint density at radius 3 is 2.06 bits per heavy atom. The molecule has 1 N–H and O–H groups in total. The van der Waals surface area contributed by atoms with E-state index in [2.05, 4.69) is 0 Å². The van der Waals surface area contributed by atoms with E-state index in [4.69, 9.17) is 28.3 Å². The molecule has 94 valence electrons. The molecule has 0 saturated heterocycles. The van der Waals surface area contributed by atoms with E-state index in [9.17, 15) is 10.1 Å². The van der Waals surface area contributed by atoms with Crippen molar-refractivity contribution >= 4 is 28.9 Å². The summed E-state index contributed by atoms with van der Waals surface area (Å²) in [6.45, 7) is 0. The normalized spacial score (nSPS) is 9.22. The van der Waals surface area contributed by atoms with E-state index in [0.29, 0.717) is 10.8 Å². The summed E-state index contributed by atoms with van der Waals surface area (Å²) in [5.41, 5.74) is -0.129. The number of nitro benzene ring substituents is 1. The molecule has 2 aromatic rings. The molecular weight excluding hydrogens is 277 g/mol. The number of benzene rings is 2. The Morgan fingerprint density at radius 1 is 1.06 bits per heavy atom. The average Bonchev–Trinajstić information content (AvgIpc) is 2.30. The number of rotatable bonds is 1. The number of aromatic hydroxyl groups is 1. The number of nitro groups is 1. The second-order valence-electron chi connectivity index (χ2n) is 3.19. The van der Waals surface area contributed by atoms with E-state index in [1.807, 2.05) is 6.07 Å². The van der Waals surface area contributed by atoms with Gasteiger partial charge >= 0.3 is 0 Å². The maximum Gasteiger partial charge on any atom is 0.287 e. The van der Waals surface area contributed by atoms with Crippen LogP contribution in [0.3, 0.4) is 0 Å². The molecule has 0 saturated carbocycles. The number of halogens is 2. The van der Waals surface area contributed by atoms with Crippen molar-refractivity contribution in [3.8, 4) is 5.75 Å². The van der Waals surface area contributed by atoms with Crippen molar-refractivity contribution in [3.63, 3.8) is 0 Å². The smallest absolute Gasteiger partial charge is 0.287 e. The molecule has 0 aliphatic heterocycles. The molecule has 0 radical (unpaired) electrons. The number of hydrogen-bond acceptors (Lipinski definition) is 3. The lowest BCUT2D eigenvalue weighted by molar-refractivity contribution is -0.384. The third kappa shape index (κ3) is 4.61. The van der Waals surface area contributed by atoms with Gasteiger partial charge in [-0.3, -0.25) is 10.1 Å². The molecule has 2 aromatic carbocycles. The maximum absolute atomic E-state index is 10.2. The molecule has 6 heteroatoms. The van der Waals surface area contributed by atoms with Gasteiger partial charge in [0, 0.05) is 11.1 Å². The molecule has 0 aliphatic rings. The van der Waals surface area contributed by atoms with Gasteiger partial charge in [-0.1, -0.05) is 41.4 Å². The van der Waals surface area contributed by atoms with Gasteiger partial charge < -0.3 is 5.11 Å². The molecule has 18 heavy (non-hydrogen) atoms. The highest BCUT2D eigenvalue weighted by atomic mass is 35.5. The van der Waals surface area contributed by atoms with E-state index < -0.39 is 4.92 Å². The Kier molecular flexibility index (Phi) is 5.42. The van der Waals surface area contributed by atoms with Crippen LogP contribution in [0.5, 0.6) is 5.75 Å². The minimum Gasteiger partial charge on any atom is -0.508 e. The van der Waals surface area contributed by atoms with Crippen LogP contribution in [0.1, 0.15) is 0 Å². The molecule has 0 spiro atoms. The fraction of sp³-hybridized carbons (Fsp3) is 0. The minimum atomic E-state index is -0.557. The number of para-hydroxylation sites is 1. The summed E-state index contributed by atoms with van der Waals surface area (Å²) < 4.78 is 0. The van der Waals surface area contributed by atoms with Crippen molar-refractivity contribution < 1.29 is 10.0 Å². The van der Waals surface area contributed by atoms with Crippen LogP contribution < -0.4 is 0 Å². The summed E-state index contributed by atoms with van der Waals surface area (Å²) in [5.74, 6) is 0.322. The summed E-state index contributed by atoms with van der Waals surface area (Å²) in [6.07, 6.45) is 0. The van der Waals surface area contributed by atoms with Crippen LogP contribution in [-0.4, -0.2) is 10.0 Å². The lowest BCUT2D eigenvalue weighted by atomic mass is 10.3. The zero-order chi connectivity index (χ0) is 13.5. The molecular formula is C12H9Cl2NO3. The van der Waals surface area contributed by atoms with Crippen molar-refractivity contribution in [1.82, 2.24) is 0 Å². The second-order valence-corrected chi connectivity index (χ2v) is 4.03. The first-order valence-electron chi connectivity index (χ1n) is 4.84. The Bertz CT molecular complexity index is 532. The third-order valence-electron chi connectivity index (χ3n) is 1.86. The van der Waals surface area contributed by atoms with Crippen LogP contribution in [-0.2, 0) is 0 Å². The highest BCUT2D eigenvalue weighted by Crippen LogP contribution is 2.26. The van der Waals surface area contributed by atoms with E-state index in [1.165, 1.54) is 18.2 Å². The van der Waals surface area contributed by atoms with Crippen molar-refractivity contribution in [3.05, 3.63) is 68.7 Å². The SMILES string of the molecule is O=[N+]([O-])c1ccc(Cl)cc1Cl.Oc1ccccc1. The molecule has 0 atom stereocenters. The average molecular weight is 286 g/mol. The van der Waals surface area contributed by atoms with Gasteiger partial charge in [-0.15, -0.1) is 0 Å². The minimum absolute atomic E-state index is 0.0579. The van der Waals surface area contributed by atoms with Crippen molar-refractivity contribution in [2.45, 2.75) is 0 Å². The highest BCUT2D eigenvalue weighted by molar-refractivity contribution is 6.35. The first-order valence-corrected chi connectivity index (χ1v) is 5.59. The largest absolute Gasteiger partial charge is 0.508 e. The van der Waals surface area contributed by atoms with Crippen molar-refractivity contribution in [2.75, 3.05) is 0 Å². The van der Waals surface area contributed by atoms with Gasteiger partial charge in [-0.05, 0) is 24.3 Å². The zero-order valence-corrected chi connectivity index (χ0v) is 10.6. The van der Waals surface area contributed by atoms with Gasteiger partial charge in [0.2, 0.25) is 0 Å². The summed E-state index contributed by atoms with van der Waals surface area (Å²) in [4.78, 5) is 9.65. The van der Waals surface area contributed by atoms with Crippen LogP contribution in [0.25, 0.3) is 0 Å². The predicted octanol–water partition coefficient (Wildman–Crippen LogP) is 4.29. The van der Waals surface area contributed by atoms with Crippen LogP contribution >= 0.6 is 23.2 Å². The third-order valence-corrected chi connectivity index (χ3v) is 2.40. The van der Waals surface area contributed by atoms with Crippen LogP contribution in [0.4, 0.5) is 5.69 Å². The molecule has 0 unspecified atom stereocenters. The van der Waals surface area contributed by atoms with Gasteiger partial charge in [0.05, 0.1) is 4.92 Å². The first kappa shape index (κ1) is 14.3. The van der Waals surface area contributed by atoms with Crippen LogP contribution in [0.2, 0.25) is 10.0 Å². The quantitative estimate of drug-likeness (QED) is 0.628. The summed E-state index contributed by atoms with van der Waals surface area (Å²) >= 11 is 11.0. The molecule has 0 aromatic heterocycles. The van der Waals surface area contributed by atoms with Crippen molar-refractivity contribution in [1.29, 1.82) is 0 Å². The standard InChI is InChI=1S/C6H3Cl2NO2.C6H6O/c7-4-1-2-6(9(10)11)5(8)3-4;7-6-4-2-1-3-5-6/h1-3H;1-5,7H. The lowest BCUT2D eigenvalue weighted by Crippen LogP contribution is -1.87. The van der Waals surface area contributed by atoms with E-state index in [-0.39, 0.29) is 10.7 Å². The Hall–Kier alpha value is -1.78. The molecule has 0 fully saturated rings. The fourth-order valence-electron chi connectivity index (χ4n) is 1.06. The van der Waals surface area contributed by atoms with E-state index in [0.717, 1.165) is 0 Å². The van der Waals surface area contributed by atoms with Gasteiger partial charge in [-0.25, -0.2) is 0 Å². The molecule has 0 bridgehead atoms. The Balaban J connectivity index is 0.000000199. The zero-order valence-electron chi connectivity index (χ0n) is 9.09. The van der Waals surface area contributed by atoms with E-state index >= 15 is 0 Å². The van der Waals surface area contributed by atoms with Crippen LogP contribution in [0, 0.1) is 10.1 Å². The Labute approximate surface area is 114 Å². The fourth-order valence-corrected chi connectivity index (χ4v) is 1.53. The van der Waals surface area contributed by atoms with Gasteiger partial charge in [0.1, 0.15) is 10.8 Å². The van der Waals surface area contributed by atoms with Crippen LogP contribution in [0.15, 0.2) is 48.5 Å². The number of hydrogen-bond donors (Lipinski definition) is 1. The monoisotopic (exact) mass is 285 g/mol. The number of nitrogens with zero attached hydrogens (tertiary/aromatic N) is 1. The number of phenols is 1. The van der Waals surface area contributed by atoms with Gasteiger partial charge in [0.15, 0.2) is 0 Å². The topological polar surface area (TPSA) is 63.4 Å². The van der Waals surface area contributed by atoms with Gasteiger partial charge in [0.25, 0.3) is 5.69 Å². The predicted molar refractivity (Wildman–Crippen MR) is 71.2 cm³/mol. The molecule has 0 heterocycles. The lowest BCUT2D eigenvalue weighted by Gasteiger charge is -1.93. The number of phenolic OH excluding ortho intramolecular Hbond substituents is 1. The summed E-state index contributed by atoms with van der Waals surface area (Å²) in [5, 5.41) is 19.3. The summed E-state index contributed by atoms with van der Waals surface area (Å²) in [6, 6.07) is 12.7. The second kappa shape index (κ2) is 6.83. The highest BCUT2D eigenvalue weighted by Gasteiger charge is 2.10. The molecule has 4 nitrogen and oxygen atoms in total. The first-order chi connectivity index (χ1) is 8.50. The molecule has 0 amide bonds. The Morgan fingerprint density at radius 2 is 1.67 bits per heavy atom. The maximum atomic E-state index is 10.2. The summed E-state index contributed by atoms with van der Waals surface area (Å²) in [7, 11) is 0. The molecule has 2 rings (SSSR count). The molecule has 0 aliphatic carbocycles. The van der Waals surface area contributed by atoms with Gasteiger partial charge in [-0.2, -0.15) is 0 Å². The van der Waals surface area contributed by atoms with E-state index in [1.54, 1.807) is 24.3 Å². The van der Waals surface area contributed by atoms with Crippen molar-refractivity contribution in [2.24, 2.45) is 0 Å².